The van der Waals surface area contributed by atoms with Crippen LogP contribution < -0.4 is 5.32 Å². The number of phenolic OH excluding ortho intramolecular Hbond substituents is 1. The second kappa shape index (κ2) is 3.62. The summed E-state index contributed by atoms with van der Waals surface area (Å²) in [5.74, 6) is 0.751. The summed E-state index contributed by atoms with van der Waals surface area (Å²) in [4.78, 5) is 15.6. The van der Waals surface area contributed by atoms with Crippen LogP contribution in [-0.4, -0.2) is 20.6 Å². The van der Waals surface area contributed by atoms with Crippen molar-refractivity contribution in [3.63, 3.8) is 0 Å². The van der Waals surface area contributed by atoms with Crippen LogP contribution >= 0.6 is 0 Å². The highest BCUT2D eigenvalue weighted by molar-refractivity contribution is 5.91. The number of carbonyl (C=O) groups is 1. The van der Waals surface area contributed by atoms with Crippen molar-refractivity contribution in [1.82, 2.24) is 9.55 Å². The van der Waals surface area contributed by atoms with Crippen molar-refractivity contribution in [2.45, 2.75) is 12.5 Å². The largest absolute Gasteiger partial charge is 0.508 e. The Balaban J connectivity index is 2.04. The number of rotatable bonds is 1. The molecule has 86 valence electrons. The maximum Gasteiger partial charge on any atom is 0.229 e. The van der Waals surface area contributed by atoms with Gasteiger partial charge in [0.25, 0.3) is 0 Å². The molecule has 0 fully saturated rings. The number of aromatic nitrogens is 2. The lowest BCUT2D eigenvalue weighted by molar-refractivity contribution is -0.117. The average molecular weight is 229 g/mol. The number of phenols is 1. The normalized spacial score (nSPS) is 18.6. The molecule has 2 N–H and O–H groups in total. The van der Waals surface area contributed by atoms with E-state index >= 15 is 0 Å². The number of fused-ring (bicyclic) bond motifs is 1. The highest BCUT2D eigenvalue weighted by Gasteiger charge is 2.25. The molecule has 5 heteroatoms. The Morgan fingerprint density at radius 1 is 1.35 bits per heavy atom. The molecule has 0 radical (unpaired) electrons. The molecule has 0 spiro atoms. The van der Waals surface area contributed by atoms with E-state index in [0.717, 1.165) is 5.56 Å². The van der Waals surface area contributed by atoms with Gasteiger partial charge in [-0.25, -0.2) is 4.98 Å². The number of nitrogens with zero attached hydrogens (tertiary/aromatic N) is 2. The molecule has 0 saturated carbocycles. The minimum absolute atomic E-state index is 0.0400. The quantitative estimate of drug-likeness (QED) is 0.779. The molecular formula is C12H11N3O2. The third kappa shape index (κ3) is 1.65. The summed E-state index contributed by atoms with van der Waals surface area (Å²) in [6, 6.07) is 6.84. The summed E-state index contributed by atoms with van der Waals surface area (Å²) in [6.07, 6.45) is 3.88. The second-order valence-electron chi connectivity index (χ2n) is 4.02. The van der Waals surface area contributed by atoms with Crippen LogP contribution in [0.15, 0.2) is 36.7 Å². The molecule has 3 rings (SSSR count). The van der Waals surface area contributed by atoms with Crippen LogP contribution in [0.1, 0.15) is 18.0 Å². The predicted molar refractivity (Wildman–Crippen MR) is 61.7 cm³/mol. The first-order valence-corrected chi connectivity index (χ1v) is 5.35. The molecular weight excluding hydrogens is 218 g/mol. The lowest BCUT2D eigenvalue weighted by Crippen LogP contribution is -2.28. The van der Waals surface area contributed by atoms with E-state index in [2.05, 4.69) is 10.3 Å². The summed E-state index contributed by atoms with van der Waals surface area (Å²) in [5.41, 5.74) is 0.983. The molecule has 0 bridgehead atoms. The number of hydrogen-bond acceptors (Lipinski definition) is 3. The van der Waals surface area contributed by atoms with E-state index in [1.807, 2.05) is 22.9 Å². The molecule has 0 aliphatic carbocycles. The molecule has 1 aromatic carbocycles. The van der Waals surface area contributed by atoms with Gasteiger partial charge in [0.15, 0.2) is 0 Å². The van der Waals surface area contributed by atoms with Gasteiger partial charge in [-0.15, -0.1) is 0 Å². The van der Waals surface area contributed by atoms with Crippen molar-refractivity contribution < 1.29 is 9.90 Å². The first-order chi connectivity index (χ1) is 8.24. The maximum atomic E-state index is 11.6. The van der Waals surface area contributed by atoms with E-state index in [1.165, 1.54) is 0 Å². The molecule has 1 amide bonds. The molecule has 1 unspecified atom stereocenters. The highest BCUT2D eigenvalue weighted by Crippen LogP contribution is 2.30. The van der Waals surface area contributed by atoms with Gasteiger partial charge >= 0.3 is 0 Å². The van der Waals surface area contributed by atoms with Gasteiger partial charge in [0.2, 0.25) is 11.9 Å². The third-order valence-electron chi connectivity index (χ3n) is 2.91. The van der Waals surface area contributed by atoms with E-state index < -0.39 is 0 Å². The minimum Gasteiger partial charge on any atom is -0.508 e. The van der Waals surface area contributed by atoms with Gasteiger partial charge in [-0.2, -0.15) is 0 Å². The van der Waals surface area contributed by atoms with Gasteiger partial charge < -0.3 is 9.67 Å². The van der Waals surface area contributed by atoms with Gasteiger partial charge in [-0.1, -0.05) is 12.1 Å². The van der Waals surface area contributed by atoms with Gasteiger partial charge in [-0.3, -0.25) is 10.1 Å². The molecule has 1 aliphatic rings. The molecule has 5 nitrogen and oxygen atoms in total. The first kappa shape index (κ1) is 9.89. The van der Waals surface area contributed by atoms with Gasteiger partial charge in [0, 0.05) is 12.4 Å². The summed E-state index contributed by atoms with van der Waals surface area (Å²) in [6.45, 7) is 0. The first-order valence-electron chi connectivity index (χ1n) is 5.35. The van der Waals surface area contributed by atoms with E-state index in [4.69, 9.17) is 0 Å². The van der Waals surface area contributed by atoms with Crippen molar-refractivity contribution in [2.75, 3.05) is 5.32 Å². The molecule has 1 aliphatic heterocycles. The molecule has 17 heavy (non-hydrogen) atoms. The standard InChI is InChI=1S/C12H11N3O2/c16-9-3-1-8(2-4-9)10-7-11(17)14-12-13-5-6-15(10)12/h1-6,10,16H,7H2,(H,13,14,17). The van der Waals surface area contributed by atoms with Crippen molar-refractivity contribution >= 4 is 11.9 Å². The zero-order valence-corrected chi connectivity index (χ0v) is 9.00. The number of nitrogens with one attached hydrogen (secondary N) is 1. The topological polar surface area (TPSA) is 67.1 Å². The van der Waals surface area contributed by atoms with Crippen LogP contribution in [-0.2, 0) is 4.79 Å². The Bertz CT molecular complexity index is 559. The number of benzene rings is 1. The zero-order valence-electron chi connectivity index (χ0n) is 9.00. The van der Waals surface area contributed by atoms with Crippen LogP contribution in [0.2, 0.25) is 0 Å². The maximum absolute atomic E-state index is 11.6. The van der Waals surface area contributed by atoms with E-state index in [0.29, 0.717) is 12.4 Å². The molecule has 1 atom stereocenters. The average Bonchev–Trinajstić information content (AvgIpc) is 2.77. The van der Waals surface area contributed by atoms with E-state index in [9.17, 15) is 9.90 Å². The Kier molecular flexibility index (Phi) is 2.11. The Hall–Kier alpha value is -2.30. The summed E-state index contributed by atoms with van der Waals surface area (Å²) in [7, 11) is 0. The number of anilines is 1. The highest BCUT2D eigenvalue weighted by atomic mass is 16.3. The summed E-state index contributed by atoms with van der Waals surface area (Å²) in [5, 5.41) is 12.0. The monoisotopic (exact) mass is 229 g/mol. The Morgan fingerprint density at radius 3 is 2.88 bits per heavy atom. The third-order valence-corrected chi connectivity index (χ3v) is 2.91. The fourth-order valence-electron chi connectivity index (χ4n) is 2.09. The number of hydrogen-bond donors (Lipinski definition) is 2. The summed E-state index contributed by atoms with van der Waals surface area (Å²) < 4.78 is 1.92. The molecule has 2 heterocycles. The van der Waals surface area contributed by atoms with Crippen LogP contribution in [0.4, 0.5) is 5.95 Å². The van der Waals surface area contributed by atoms with Crippen molar-refractivity contribution in [2.24, 2.45) is 0 Å². The van der Waals surface area contributed by atoms with Crippen LogP contribution in [0.5, 0.6) is 5.75 Å². The zero-order chi connectivity index (χ0) is 11.8. The fourth-order valence-corrected chi connectivity index (χ4v) is 2.09. The van der Waals surface area contributed by atoms with Gasteiger partial charge in [0.1, 0.15) is 5.75 Å². The second-order valence-corrected chi connectivity index (χ2v) is 4.02. The molecule has 0 saturated heterocycles. The molecule has 2 aromatic rings. The van der Waals surface area contributed by atoms with Crippen molar-refractivity contribution in [1.29, 1.82) is 0 Å². The Labute approximate surface area is 97.7 Å². The SMILES string of the molecule is O=C1CC(c2ccc(O)cc2)n2ccnc2N1. The summed E-state index contributed by atoms with van der Waals surface area (Å²) >= 11 is 0. The fraction of sp³-hybridized carbons (Fsp3) is 0.167. The van der Waals surface area contributed by atoms with Gasteiger partial charge in [0.05, 0.1) is 12.5 Å². The van der Waals surface area contributed by atoms with Crippen LogP contribution in [0.25, 0.3) is 0 Å². The van der Waals surface area contributed by atoms with E-state index in [-0.39, 0.29) is 17.7 Å². The van der Waals surface area contributed by atoms with Crippen molar-refractivity contribution in [3.05, 3.63) is 42.2 Å². The van der Waals surface area contributed by atoms with Gasteiger partial charge in [-0.05, 0) is 17.7 Å². The Morgan fingerprint density at radius 2 is 2.12 bits per heavy atom. The van der Waals surface area contributed by atoms with E-state index in [1.54, 1.807) is 18.3 Å². The minimum atomic E-state index is -0.0538. The smallest absolute Gasteiger partial charge is 0.229 e. The predicted octanol–water partition coefficient (Wildman–Crippen LogP) is 1.52. The molecule has 1 aromatic heterocycles. The number of imidazole rings is 1. The number of carbonyl (C=O) groups excluding carboxylic acids is 1. The lowest BCUT2D eigenvalue weighted by Gasteiger charge is -2.25. The number of aromatic hydroxyl groups is 1. The van der Waals surface area contributed by atoms with Crippen LogP contribution in [0, 0.1) is 0 Å². The van der Waals surface area contributed by atoms with Crippen molar-refractivity contribution in [3.8, 4) is 5.75 Å². The van der Waals surface area contributed by atoms with Crippen LogP contribution in [0.3, 0.4) is 0 Å². The number of amides is 1. The lowest BCUT2D eigenvalue weighted by atomic mass is 10.0.